The van der Waals surface area contributed by atoms with Gasteiger partial charge < -0.3 is 15.3 Å². The third-order valence-electron chi connectivity index (χ3n) is 6.69. The number of carbonyl (C=O) groups is 2. The van der Waals surface area contributed by atoms with Crippen LogP contribution >= 0.6 is 11.6 Å². The summed E-state index contributed by atoms with van der Waals surface area (Å²) in [5, 5.41) is 20.2. The number of anilines is 1. The molecule has 0 spiro atoms. The minimum atomic E-state index is -0.992. The van der Waals surface area contributed by atoms with Crippen molar-refractivity contribution in [3.63, 3.8) is 0 Å². The first-order valence-corrected chi connectivity index (χ1v) is 12.8. The monoisotopic (exact) mass is 545 g/mol. The molecule has 1 aliphatic rings. The Labute approximate surface area is 229 Å². The van der Waals surface area contributed by atoms with Gasteiger partial charge in [-0.3, -0.25) is 4.79 Å². The lowest BCUT2D eigenvalue weighted by atomic mass is 9.95. The van der Waals surface area contributed by atoms with Gasteiger partial charge >= 0.3 is 5.97 Å². The molecule has 3 aromatic carbocycles. The van der Waals surface area contributed by atoms with Gasteiger partial charge in [-0.1, -0.05) is 47.1 Å². The summed E-state index contributed by atoms with van der Waals surface area (Å²) >= 11 is 6.12. The molecule has 0 unspecified atom stereocenters. The lowest BCUT2D eigenvalue weighted by molar-refractivity contribution is -0.128. The van der Waals surface area contributed by atoms with Crippen LogP contribution < -0.4 is 5.32 Å². The lowest BCUT2D eigenvalue weighted by Gasteiger charge is -2.35. The summed E-state index contributed by atoms with van der Waals surface area (Å²) < 4.78 is 16.7. The van der Waals surface area contributed by atoms with Crippen LogP contribution in [0.1, 0.15) is 27.9 Å². The highest BCUT2D eigenvalue weighted by Gasteiger charge is 2.29. The van der Waals surface area contributed by atoms with Crippen molar-refractivity contribution in [2.75, 3.05) is 18.4 Å². The number of nitrogens with zero attached hydrogens (tertiary/aromatic N) is 4. The third kappa shape index (κ3) is 5.83. The Morgan fingerprint density at radius 3 is 2.54 bits per heavy atom. The molecular formula is C29H25ClFN5O3. The number of halogens is 2. The van der Waals surface area contributed by atoms with Gasteiger partial charge in [0.05, 0.1) is 34.7 Å². The summed E-state index contributed by atoms with van der Waals surface area (Å²) in [5.74, 6) is -1.83. The number of amides is 1. The number of benzene rings is 3. The van der Waals surface area contributed by atoms with Gasteiger partial charge in [-0.25, -0.2) is 13.9 Å². The number of hydrogen-bond donors (Lipinski definition) is 2. The normalized spacial score (nSPS) is 14.2. The molecule has 39 heavy (non-hydrogen) atoms. The van der Waals surface area contributed by atoms with Crippen molar-refractivity contribution >= 4 is 34.7 Å². The van der Waals surface area contributed by atoms with Gasteiger partial charge in [0.2, 0.25) is 5.91 Å². The molecule has 198 valence electrons. The zero-order valence-electron chi connectivity index (χ0n) is 20.8. The van der Waals surface area contributed by atoms with Crippen molar-refractivity contribution in [2.24, 2.45) is 0 Å². The van der Waals surface area contributed by atoms with Crippen LogP contribution in [0.25, 0.3) is 11.3 Å². The summed E-state index contributed by atoms with van der Waals surface area (Å²) in [5.41, 5.74) is 3.24. The van der Waals surface area contributed by atoms with Gasteiger partial charge in [0.1, 0.15) is 0 Å². The lowest BCUT2D eigenvalue weighted by Crippen LogP contribution is -2.47. The van der Waals surface area contributed by atoms with Gasteiger partial charge in [-0.2, -0.15) is 0 Å². The molecule has 0 saturated heterocycles. The number of aromatic nitrogens is 3. The van der Waals surface area contributed by atoms with E-state index >= 15 is 4.39 Å². The molecule has 1 aromatic heterocycles. The number of carboxylic acid groups (broad SMARTS) is 1. The van der Waals surface area contributed by atoms with Crippen LogP contribution in [0.2, 0.25) is 5.02 Å². The topological polar surface area (TPSA) is 100 Å². The van der Waals surface area contributed by atoms with Crippen molar-refractivity contribution in [3.05, 3.63) is 113 Å². The Morgan fingerprint density at radius 2 is 1.87 bits per heavy atom. The SMILES string of the molecule is O=C(O)c1ccc(NC[C@H](Cc2ccccc2)N2CCC(c3c(-n4ccnn4)ccc(Cl)c3F)=CC2=O)cc1. The first-order valence-electron chi connectivity index (χ1n) is 12.4. The largest absolute Gasteiger partial charge is 0.478 e. The van der Waals surface area contributed by atoms with Crippen molar-refractivity contribution in [2.45, 2.75) is 18.9 Å². The van der Waals surface area contributed by atoms with Crippen LogP contribution in [-0.4, -0.2) is 56.0 Å². The minimum absolute atomic E-state index is 0.0373. The smallest absolute Gasteiger partial charge is 0.335 e. The van der Waals surface area contributed by atoms with Crippen molar-refractivity contribution in [3.8, 4) is 5.69 Å². The molecule has 0 fully saturated rings. The Hall–Kier alpha value is -4.50. The number of carboxylic acids is 1. The molecule has 0 aliphatic carbocycles. The molecule has 0 bridgehead atoms. The number of carbonyl (C=O) groups excluding carboxylic acids is 1. The predicted octanol–water partition coefficient (Wildman–Crippen LogP) is 5.10. The second kappa shape index (κ2) is 11.5. The molecule has 2 heterocycles. The van der Waals surface area contributed by atoms with Crippen molar-refractivity contribution in [1.29, 1.82) is 0 Å². The van der Waals surface area contributed by atoms with Gasteiger partial charge in [-0.15, -0.1) is 5.10 Å². The molecule has 10 heteroatoms. The fourth-order valence-corrected chi connectivity index (χ4v) is 4.89. The van der Waals surface area contributed by atoms with E-state index in [2.05, 4.69) is 15.6 Å². The van der Waals surface area contributed by atoms with E-state index in [1.54, 1.807) is 29.3 Å². The van der Waals surface area contributed by atoms with Crippen LogP contribution in [0.15, 0.2) is 85.2 Å². The van der Waals surface area contributed by atoms with E-state index in [0.717, 1.165) is 11.3 Å². The second-order valence-corrected chi connectivity index (χ2v) is 9.57. The van der Waals surface area contributed by atoms with E-state index < -0.39 is 11.8 Å². The Morgan fingerprint density at radius 1 is 1.10 bits per heavy atom. The number of aromatic carboxylic acids is 1. The van der Waals surface area contributed by atoms with E-state index in [1.807, 2.05) is 30.3 Å². The van der Waals surface area contributed by atoms with E-state index in [1.165, 1.54) is 35.2 Å². The van der Waals surface area contributed by atoms with Crippen LogP contribution in [0.4, 0.5) is 10.1 Å². The molecule has 5 rings (SSSR count). The average molecular weight is 546 g/mol. The number of rotatable bonds is 9. The highest BCUT2D eigenvalue weighted by Crippen LogP contribution is 2.34. The highest BCUT2D eigenvalue weighted by molar-refractivity contribution is 6.31. The van der Waals surface area contributed by atoms with Crippen LogP contribution in [0, 0.1) is 5.82 Å². The zero-order chi connectivity index (χ0) is 27.4. The fraction of sp³-hybridized carbons (Fsp3) is 0.172. The third-order valence-corrected chi connectivity index (χ3v) is 6.99. The summed E-state index contributed by atoms with van der Waals surface area (Å²) in [4.78, 5) is 26.5. The first-order chi connectivity index (χ1) is 18.9. The molecule has 8 nitrogen and oxygen atoms in total. The standard InChI is InChI=1S/C29H25ClFN5O3/c30-24-10-11-25(36-15-13-33-34-36)27(28(24)31)21-12-14-35(26(37)17-21)23(16-19-4-2-1-3-5-19)18-32-22-8-6-20(7-9-22)29(38)39/h1-11,13,15,17,23,32H,12,14,16,18H2,(H,38,39)/t23-/m0/s1. The maximum atomic E-state index is 15.3. The van der Waals surface area contributed by atoms with E-state index in [0.29, 0.717) is 37.2 Å². The van der Waals surface area contributed by atoms with E-state index in [-0.39, 0.29) is 28.1 Å². The van der Waals surface area contributed by atoms with Crippen molar-refractivity contribution in [1.82, 2.24) is 19.9 Å². The highest BCUT2D eigenvalue weighted by atomic mass is 35.5. The maximum Gasteiger partial charge on any atom is 0.335 e. The molecule has 4 aromatic rings. The summed E-state index contributed by atoms with van der Waals surface area (Å²) in [6, 6.07) is 19.2. The summed E-state index contributed by atoms with van der Waals surface area (Å²) in [7, 11) is 0. The minimum Gasteiger partial charge on any atom is -0.478 e. The maximum absolute atomic E-state index is 15.3. The Bertz CT molecular complexity index is 1510. The predicted molar refractivity (Wildman–Crippen MR) is 146 cm³/mol. The van der Waals surface area contributed by atoms with Crippen molar-refractivity contribution < 1.29 is 19.1 Å². The molecule has 1 amide bonds. The molecule has 0 saturated carbocycles. The van der Waals surface area contributed by atoms with Gasteiger partial charge in [0.25, 0.3) is 0 Å². The van der Waals surface area contributed by atoms with Crippen LogP contribution in [0.3, 0.4) is 0 Å². The number of hydrogen-bond acceptors (Lipinski definition) is 5. The first kappa shape index (κ1) is 26.1. The van der Waals surface area contributed by atoms with Gasteiger partial charge in [0.15, 0.2) is 5.82 Å². The van der Waals surface area contributed by atoms with Crippen LogP contribution in [-0.2, 0) is 11.2 Å². The quantitative estimate of drug-likeness (QED) is 0.304. The Balaban J connectivity index is 1.41. The zero-order valence-corrected chi connectivity index (χ0v) is 21.6. The second-order valence-electron chi connectivity index (χ2n) is 9.16. The Kier molecular flexibility index (Phi) is 7.69. The molecule has 1 aliphatic heterocycles. The molecule has 0 radical (unpaired) electrons. The van der Waals surface area contributed by atoms with E-state index in [9.17, 15) is 9.59 Å². The number of nitrogens with one attached hydrogen (secondary N) is 1. The molecular weight excluding hydrogens is 521 g/mol. The van der Waals surface area contributed by atoms with Gasteiger partial charge in [-0.05, 0) is 60.4 Å². The van der Waals surface area contributed by atoms with Gasteiger partial charge in [0, 0.05) is 30.4 Å². The van der Waals surface area contributed by atoms with Crippen LogP contribution in [0.5, 0.6) is 0 Å². The molecule has 2 N–H and O–H groups in total. The average Bonchev–Trinajstić information content (AvgIpc) is 3.48. The molecule has 1 atom stereocenters. The van der Waals surface area contributed by atoms with E-state index in [4.69, 9.17) is 16.7 Å². The summed E-state index contributed by atoms with van der Waals surface area (Å²) in [6.45, 7) is 0.816. The summed E-state index contributed by atoms with van der Waals surface area (Å²) in [6.07, 6.45) is 5.59. The fourth-order valence-electron chi connectivity index (χ4n) is 4.73.